The number of nitrogens with one attached hydrogen (secondary N) is 2. The first-order valence-electron chi connectivity index (χ1n) is 16.2. The lowest BCUT2D eigenvalue weighted by atomic mass is 9.98. The van der Waals surface area contributed by atoms with Crippen LogP contribution in [0.5, 0.6) is 17.4 Å². The second kappa shape index (κ2) is 15.1. The van der Waals surface area contributed by atoms with Gasteiger partial charge in [-0.2, -0.15) is 5.26 Å². The number of benzene rings is 3. The SMILES string of the molecule is COC(=O)c1cc(NC[C@@H]2CCO2)c(NC(=O)Cc2cc(C)c3cc2OCCCc2cc(C#N)ccc2COc2cccc-3n2)c(OC)c1. The molecule has 1 fully saturated rings. The molecule has 1 atom stereocenters. The number of nitriles is 1. The highest BCUT2D eigenvalue weighted by molar-refractivity contribution is 6.00. The van der Waals surface area contributed by atoms with E-state index in [2.05, 4.69) is 16.7 Å². The maximum absolute atomic E-state index is 13.7. The van der Waals surface area contributed by atoms with Crippen LogP contribution >= 0.6 is 0 Å². The summed E-state index contributed by atoms with van der Waals surface area (Å²) in [4.78, 5) is 30.9. The van der Waals surface area contributed by atoms with E-state index in [-0.39, 0.29) is 24.0 Å². The normalized spacial score (nSPS) is 15.1. The number of ether oxygens (including phenoxy) is 5. The summed E-state index contributed by atoms with van der Waals surface area (Å²) in [7, 11) is 2.79. The van der Waals surface area contributed by atoms with Gasteiger partial charge in [-0.15, -0.1) is 0 Å². The summed E-state index contributed by atoms with van der Waals surface area (Å²) in [5.74, 6) is 0.537. The Morgan fingerprint density at radius 2 is 1.90 bits per heavy atom. The number of carbonyl (C=O) groups is 2. The van der Waals surface area contributed by atoms with Crippen LogP contribution in [-0.4, -0.2) is 56.9 Å². The summed E-state index contributed by atoms with van der Waals surface area (Å²) in [5.41, 5.74) is 6.99. The molecule has 2 aliphatic heterocycles. The predicted molar refractivity (Wildman–Crippen MR) is 183 cm³/mol. The van der Waals surface area contributed by atoms with E-state index in [4.69, 9.17) is 28.7 Å². The van der Waals surface area contributed by atoms with Crippen molar-refractivity contribution in [3.05, 3.63) is 94.0 Å². The molecule has 1 aromatic heterocycles. The van der Waals surface area contributed by atoms with Crippen LogP contribution in [0.4, 0.5) is 11.4 Å². The molecule has 1 amide bonds. The third-order valence-corrected chi connectivity index (χ3v) is 8.64. The van der Waals surface area contributed by atoms with Crippen molar-refractivity contribution in [2.75, 3.05) is 44.6 Å². The summed E-state index contributed by atoms with van der Waals surface area (Å²) in [6.45, 7) is 3.90. The second-order valence-corrected chi connectivity index (χ2v) is 12.0. The van der Waals surface area contributed by atoms with Crippen molar-refractivity contribution in [2.45, 2.75) is 45.3 Å². The monoisotopic (exact) mass is 662 g/mol. The smallest absolute Gasteiger partial charge is 0.338 e. The molecule has 49 heavy (non-hydrogen) atoms. The Morgan fingerprint density at radius 3 is 2.65 bits per heavy atom. The molecular weight excluding hydrogens is 624 g/mol. The third-order valence-electron chi connectivity index (χ3n) is 8.64. The highest BCUT2D eigenvalue weighted by Gasteiger charge is 2.23. The number of carbonyl (C=O) groups excluding carboxylic acids is 2. The second-order valence-electron chi connectivity index (χ2n) is 12.0. The van der Waals surface area contributed by atoms with Gasteiger partial charge < -0.3 is 34.3 Å². The summed E-state index contributed by atoms with van der Waals surface area (Å²) in [6.07, 6.45) is 2.33. The maximum atomic E-state index is 13.7. The van der Waals surface area contributed by atoms with Crippen LogP contribution in [0.1, 0.15) is 51.0 Å². The number of pyridine rings is 1. The topological polar surface area (TPSA) is 141 Å². The van der Waals surface area contributed by atoms with Crippen molar-refractivity contribution < 1.29 is 33.3 Å². The molecule has 252 valence electrons. The Morgan fingerprint density at radius 1 is 1.04 bits per heavy atom. The maximum Gasteiger partial charge on any atom is 0.338 e. The number of amides is 1. The number of aryl methyl sites for hydroxylation is 2. The van der Waals surface area contributed by atoms with Gasteiger partial charge in [0, 0.05) is 30.3 Å². The Balaban J connectivity index is 1.29. The highest BCUT2D eigenvalue weighted by atomic mass is 16.5. The first-order chi connectivity index (χ1) is 23.8. The number of fused-ring (bicyclic) bond motifs is 6. The van der Waals surface area contributed by atoms with Crippen molar-refractivity contribution >= 4 is 23.3 Å². The first-order valence-corrected chi connectivity index (χ1v) is 16.2. The number of aromatic nitrogens is 1. The molecule has 0 radical (unpaired) electrons. The Hall–Kier alpha value is -5.60. The van der Waals surface area contributed by atoms with Crippen LogP contribution in [0.2, 0.25) is 0 Å². The van der Waals surface area contributed by atoms with Gasteiger partial charge in [0.1, 0.15) is 23.8 Å². The van der Waals surface area contributed by atoms with E-state index >= 15 is 0 Å². The molecule has 3 heterocycles. The molecular formula is C38H38N4O7. The van der Waals surface area contributed by atoms with E-state index in [9.17, 15) is 14.9 Å². The Bertz CT molecular complexity index is 1920. The minimum absolute atomic E-state index is 0.00841. The van der Waals surface area contributed by atoms with Crippen molar-refractivity contribution in [3.63, 3.8) is 0 Å². The van der Waals surface area contributed by atoms with Crippen molar-refractivity contribution in [1.82, 2.24) is 4.98 Å². The molecule has 1 saturated heterocycles. The van der Waals surface area contributed by atoms with E-state index in [1.54, 1.807) is 12.1 Å². The summed E-state index contributed by atoms with van der Waals surface area (Å²) in [6, 6.07) is 20.5. The molecule has 0 aliphatic carbocycles. The highest BCUT2D eigenvalue weighted by Crippen LogP contribution is 2.37. The fraction of sp³-hybridized carbons (Fsp3) is 0.316. The van der Waals surface area contributed by atoms with Gasteiger partial charge in [0.05, 0.1) is 61.9 Å². The van der Waals surface area contributed by atoms with Gasteiger partial charge in [0.25, 0.3) is 0 Å². The van der Waals surface area contributed by atoms with E-state index in [1.165, 1.54) is 20.3 Å². The number of esters is 1. The lowest BCUT2D eigenvalue weighted by Gasteiger charge is -2.27. The molecule has 2 aliphatic rings. The average molecular weight is 663 g/mol. The van der Waals surface area contributed by atoms with E-state index in [0.717, 1.165) is 34.4 Å². The van der Waals surface area contributed by atoms with Crippen molar-refractivity contribution in [1.29, 1.82) is 5.26 Å². The number of hydrogen-bond acceptors (Lipinski definition) is 10. The predicted octanol–water partition coefficient (Wildman–Crippen LogP) is 6.01. The third kappa shape index (κ3) is 7.77. The Kier molecular flexibility index (Phi) is 10.3. The van der Waals surface area contributed by atoms with Gasteiger partial charge in [-0.05, 0) is 79.3 Å². The number of nitrogens with zero attached hydrogens (tertiary/aromatic N) is 2. The van der Waals surface area contributed by atoms with Gasteiger partial charge in [-0.3, -0.25) is 4.79 Å². The van der Waals surface area contributed by atoms with Crippen molar-refractivity contribution in [3.8, 4) is 34.7 Å². The molecule has 11 heteroatoms. The summed E-state index contributed by atoms with van der Waals surface area (Å²) in [5, 5.41) is 15.8. The van der Waals surface area contributed by atoms with Gasteiger partial charge in [-0.25, -0.2) is 9.78 Å². The zero-order valence-electron chi connectivity index (χ0n) is 27.8. The number of rotatable bonds is 8. The lowest BCUT2D eigenvalue weighted by molar-refractivity contribution is -0.115. The van der Waals surface area contributed by atoms with E-state index in [1.807, 2.05) is 49.4 Å². The van der Waals surface area contributed by atoms with E-state index in [0.29, 0.717) is 79.1 Å². The average Bonchev–Trinajstić information content (AvgIpc) is 3.09. The van der Waals surface area contributed by atoms with Crippen LogP contribution in [0.15, 0.2) is 60.7 Å². The van der Waals surface area contributed by atoms with Gasteiger partial charge >= 0.3 is 5.97 Å². The van der Waals surface area contributed by atoms with Crippen LogP contribution in [0.25, 0.3) is 11.3 Å². The van der Waals surface area contributed by atoms with Gasteiger partial charge in [-0.1, -0.05) is 18.2 Å². The molecule has 4 bridgehead atoms. The van der Waals surface area contributed by atoms with Gasteiger partial charge in [0.15, 0.2) is 0 Å². The minimum atomic E-state index is -0.525. The molecule has 3 aromatic carbocycles. The molecule has 2 N–H and O–H groups in total. The molecule has 0 saturated carbocycles. The molecule has 4 aromatic rings. The zero-order valence-corrected chi connectivity index (χ0v) is 27.8. The van der Waals surface area contributed by atoms with Crippen LogP contribution in [-0.2, 0) is 33.7 Å². The number of anilines is 2. The summed E-state index contributed by atoms with van der Waals surface area (Å²) >= 11 is 0. The van der Waals surface area contributed by atoms with Gasteiger partial charge in [0.2, 0.25) is 11.8 Å². The molecule has 6 rings (SSSR count). The molecule has 0 unspecified atom stereocenters. The van der Waals surface area contributed by atoms with Crippen LogP contribution in [0.3, 0.4) is 0 Å². The quantitative estimate of drug-likeness (QED) is 0.216. The summed E-state index contributed by atoms with van der Waals surface area (Å²) < 4.78 is 28.6. The van der Waals surface area contributed by atoms with Crippen LogP contribution in [0, 0.1) is 18.3 Å². The number of methoxy groups -OCH3 is 2. The Labute approximate surface area is 285 Å². The standard InChI is InChI=1S/C38H38N4O7/c1-23-14-27(18-35(43)42-37-32(40-21-29-11-13-47-29)16-28(38(44)46-3)17-34(37)45-2)33-19-30(23)31-7-4-8-36(41-31)49-22-26-10-9-24(20-39)15-25(26)6-5-12-48-33/h4,7-10,14-17,19,29,40H,5-6,11-13,18,21-22H2,1-3H3,(H,42,43)/t29-/m0/s1. The van der Waals surface area contributed by atoms with E-state index < -0.39 is 5.97 Å². The van der Waals surface area contributed by atoms with Crippen LogP contribution < -0.4 is 24.8 Å². The minimum Gasteiger partial charge on any atom is -0.494 e. The van der Waals surface area contributed by atoms with Crippen molar-refractivity contribution in [2.24, 2.45) is 0 Å². The molecule has 0 spiro atoms. The first kappa shape index (κ1) is 33.3. The fourth-order valence-electron chi connectivity index (χ4n) is 5.91. The largest absolute Gasteiger partial charge is 0.494 e. The lowest BCUT2D eigenvalue weighted by Crippen LogP contribution is -2.33. The molecule has 11 nitrogen and oxygen atoms in total. The fourth-order valence-corrected chi connectivity index (χ4v) is 5.91. The number of hydrogen-bond donors (Lipinski definition) is 2. The zero-order chi connectivity index (χ0) is 34.3.